The van der Waals surface area contributed by atoms with Crippen LogP contribution in [-0.2, 0) is 11.3 Å². The van der Waals surface area contributed by atoms with Crippen molar-refractivity contribution in [2.45, 2.75) is 45.3 Å². The fraction of sp³-hybridized carbons (Fsp3) is 0.562. The van der Waals surface area contributed by atoms with Crippen LogP contribution in [-0.4, -0.2) is 41.1 Å². The zero-order valence-electron chi connectivity index (χ0n) is 12.3. The molecule has 1 saturated carbocycles. The number of hydrogen-bond acceptors (Lipinski definition) is 3. The van der Waals surface area contributed by atoms with E-state index in [1.165, 1.54) is 11.1 Å². The molecule has 0 radical (unpaired) electrons. The van der Waals surface area contributed by atoms with Gasteiger partial charge in [-0.25, -0.2) is 0 Å². The molecule has 4 heteroatoms. The molecule has 1 aromatic rings. The molecular formula is C16H24N2O2. The molecule has 0 spiro atoms. The lowest BCUT2D eigenvalue weighted by atomic mass is 9.85. The summed E-state index contributed by atoms with van der Waals surface area (Å²) in [6.07, 6.45) is 2.10. The van der Waals surface area contributed by atoms with Crippen LogP contribution in [0.25, 0.3) is 0 Å². The minimum absolute atomic E-state index is 0.159. The minimum Gasteiger partial charge on any atom is -0.480 e. The Morgan fingerprint density at radius 1 is 1.35 bits per heavy atom. The molecule has 0 atom stereocenters. The van der Waals surface area contributed by atoms with Crippen molar-refractivity contribution in [3.8, 4) is 0 Å². The first-order valence-electron chi connectivity index (χ1n) is 7.33. The van der Waals surface area contributed by atoms with E-state index in [1.54, 1.807) is 0 Å². The molecule has 0 amide bonds. The maximum absolute atomic E-state index is 10.8. The van der Waals surface area contributed by atoms with E-state index in [9.17, 15) is 4.79 Å². The molecule has 20 heavy (non-hydrogen) atoms. The lowest BCUT2D eigenvalue weighted by molar-refractivity contribution is -0.139. The van der Waals surface area contributed by atoms with Crippen molar-refractivity contribution in [2.24, 2.45) is 0 Å². The Kier molecular flexibility index (Phi) is 5.15. The standard InChI is InChI=1S/C16H24N2O2/c1-3-18(11-16(19)20)15-8-14(9-15)17-10-13-6-4-12(2)5-7-13/h4-7,14-15,17H,3,8-11H2,1-2H3,(H,19,20). The average molecular weight is 276 g/mol. The molecule has 1 aliphatic rings. The number of likely N-dealkylation sites (N-methyl/N-ethyl adjacent to an activating group) is 1. The fourth-order valence-corrected chi connectivity index (χ4v) is 2.69. The summed E-state index contributed by atoms with van der Waals surface area (Å²) in [5.41, 5.74) is 2.58. The van der Waals surface area contributed by atoms with E-state index in [1.807, 2.05) is 11.8 Å². The fourth-order valence-electron chi connectivity index (χ4n) is 2.69. The highest BCUT2D eigenvalue weighted by Crippen LogP contribution is 2.25. The van der Waals surface area contributed by atoms with Gasteiger partial charge in [-0.2, -0.15) is 0 Å². The summed E-state index contributed by atoms with van der Waals surface area (Å²) in [5, 5.41) is 12.4. The molecule has 0 bridgehead atoms. The van der Waals surface area contributed by atoms with E-state index >= 15 is 0 Å². The second kappa shape index (κ2) is 6.86. The highest BCUT2D eigenvalue weighted by molar-refractivity contribution is 5.69. The third-order valence-corrected chi connectivity index (χ3v) is 4.09. The van der Waals surface area contributed by atoms with Gasteiger partial charge in [0.15, 0.2) is 0 Å². The monoisotopic (exact) mass is 276 g/mol. The third kappa shape index (κ3) is 4.05. The Morgan fingerprint density at radius 3 is 2.55 bits per heavy atom. The smallest absolute Gasteiger partial charge is 0.317 e. The highest BCUT2D eigenvalue weighted by Gasteiger charge is 2.33. The van der Waals surface area contributed by atoms with Gasteiger partial charge in [-0.1, -0.05) is 36.8 Å². The summed E-state index contributed by atoms with van der Waals surface area (Å²) >= 11 is 0. The average Bonchev–Trinajstić information content (AvgIpc) is 2.37. The van der Waals surface area contributed by atoms with Crippen LogP contribution >= 0.6 is 0 Å². The molecule has 4 nitrogen and oxygen atoms in total. The summed E-state index contributed by atoms with van der Waals surface area (Å²) in [6, 6.07) is 9.51. The van der Waals surface area contributed by atoms with Crippen LogP contribution in [0.3, 0.4) is 0 Å². The Morgan fingerprint density at radius 2 is 2.00 bits per heavy atom. The molecule has 0 aliphatic heterocycles. The van der Waals surface area contributed by atoms with Crippen LogP contribution < -0.4 is 5.32 Å². The number of benzene rings is 1. The number of rotatable bonds is 7. The number of carbonyl (C=O) groups is 1. The summed E-state index contributed by atoms with van der Waals surface area (Å²) in [5.74, 6) is -0.733. The molecular weight excluding hydrogens is 252 g/mol. The van der Waals surface area contributed by atoms with E-state index in [-0.39, 0.29) is 6.54 Å². The van der Waals surface area contributed by atoms with Gasteiger partial charge < -0.3 is 10.4 Å². The van der Waals surface area contributed by atoms with Gasteiger partial charge in [-0.05, 0) is 31.9 Å². The topological polar surface area (TPSA) is 52.6 Å². The van der Waals surface area contributed by atoms with Crippen molar-refractivity contribution >= 4 is 5.97 Å². The molecule has 0 aromatic heterocycles. The number of hydrogen-bond donors (Lipinski definition) is 2. The van der Waals surface area contributed by atoms with Crippen molar-refractivity contribution in [1.29, 1.82) is 0 Å². The van der Waals surface area contributed by atoms with Gasteiger partial charge in [0.25, 0.3) is 0 Å². The Hall–Kier alpha value is -1.39. The normalized spacial score (nSPS) is 21.8. The van der Waals surface area contributed by atoms with Crippen molar-refractivity contribution in [1.82, 2.24) is 10.2 Å². The van der Waals surface area contributed by atoms with Crippen LogP contribution in [0, 0.1) is 6.92 Å². The minimum atomic E-state index is -0.733. The number of carboxylic acids is 1. The van der Waals surface area contributed by atoms with Gasteiger partial charge in [-0.15, -0.1) is 0 Å². The molecule has 0 unspecified atom stereocenters. The zero-order valence-corrected chi connectivity index (χ0v) is 12.3. The lowest BCUT2D eigenvalue weighted by Crippen LogP contribution is -2.53. The molecule has 1 fully saturated rings. The van der Waals surface area contributed by atoms with Crippen LogP contribution in [0.5, 0.6) is 0 Å². The van der Waals surface area contributed by atoms with Crippen molar-refractivity contribution in [3.63, 3.8) is 0 Å². The highest BCUT2D eigenvalue weighted by atomic mass is 16.4. The second-order valence-electron chi connectivity index (χ2n) is 5.65. The quantitative estimate of drug-likeness (QED) is 0.800. The zero-order chi connectivity index (χ0) is 14.5. The van der Waals surface area contributed by atoms with Crippen molar-refractivity contribution in [2.75, 3.05) is 13.1 Å². The summed E-state index contributed by atoms with van der Waals surface area (Å²) in [4.78, 5) is 12.8. The Labute approximate surface area is 120 Å². The first kappa shape index (κ1) is 15.0. The van der Waals surface area contributed by atoms with Crippen LogP contribution in [0.2, 0.25) is 0 Å². The molecule has 0 saturated heterocycles. The van der Waals surface area contributed by atoms with Gasteiger partial charge in [0, 0.05) is 18.6 Å². The Balaban J connectivity index is 1.71. The van der Waals surface area contributed by atoms with Crippen LogP contribution in [0.1, 0.15) is 30.9 Å². The van der Waals surface area contributed by atoms with Crippen LogP contribution in [0.4, 0.5) is 0 Å². The number of aryl methyl sites for hydroxylation is 1. The van der Waals surface area contributed by atoms with Crippen molar-refractivity contribution in [3.05, 3.63) is 35.4 Å². The van der Waals surface area contributed by atoms with Gasteiger partial charge in [0.05, 0.1) is 6.54 Å². The summed E-state index contributed by atoms with van der Waals surface area (Å²) < 4.78 is 0. The molecule has 0 heterocycles. The SMILES string of the molecule is CCN(CC(=O)O)C1CC(NCc2ccc(C)cc2)C1. The first-order chi connectivity index (χ1) is 9.58. The number of aliphatic carboxylic acids is 1. The third-order valence-electron chi connectivity index (χ3n) is 4.09. The van der Waals surface area contributed by atoms with Crippen LogP contribution in [0.15, 0.2) is 24.3 Å². The number of nitrogens with one attached hydrogen (secondary N) is 1. The first-order valence-corrected chi connectivity index (χ1v) is 7.33. The molecule has 2 N–H and O–H groups in total. The number of carboxylic acid groups (broad SMARTS) is 1. The lowest BCUT2D eigenvalue weighted by Gasteiger charge is -2.42. The largest absolute Gasteiger partial charge is 0.480 e. The predicted molar refractivity (Wildman–Crippen MR) is 79.7 cm³/mol. The summed E-state index contributed by atoms with van der Waals surface area (Å²) in [7, 11) is 0. The van der Waals surface area contributed by atoms with E-state index in [0.717, 1.165) is 25.9 Å². The van der Waals surface area contributed by atoms with Crippen molar-refractivity contribution < 1.29 is 9.90 Å². The van der Waals surface area contributed by atoms with Gasteiger partial charge >= 0.3 is 5.97 Å². The van der Waals surface area contributed by atoms with E-state index in [0.29, 0.717) is 12.1 Å². The number of nitrogens with zero attached hydrogens (tertiary/aromatic N) is 1. The van der Waals surface area contributed by atoms with Gasteiger partial charge in [0.1, 0.15) is 0 Å². The van der Waals surface area contributed by atoms with E-state index in [4.69, 9.17) is 5.11 Å². The maximum Gasteiger partial charge on any atom is 0.317 e. The van der Waals surface area contributed by atoms with E-state index in [2.05, 4.69) is 36.5 Å². The molecule has 1 aliphatic carbocycles. The van der Waals surface area contributed by atoms with Gasteiger partial charge in [0.2, 0.25) is 0 Å². The van der Waals surface area contributed by atoms with Gasteiger partial charge in [-0.3, -0.25) is 9.69 Å². The molecule has 1 aromatic carbocycles. The second-order valence-corrected chi connectivity index (χ2v) is 5.65. The predicted octanol–water partition coefficient (Wildman–Crippen LogP) is 2.02. The molecule has 2 rings (SSSR count). The molecule has 110 valence electrons. The summed E-state index contributed by atoms with van der Waals surface area (Å²) in [6.45, 7) is 5.97. The Bertz CT molecular complexity index is 438. The maximum atomic E-state index is 10.8. The van der Waals surface area contributed by atoms with E-state index < -0.39 is 5.97 Å².